The van der Waals surface area contributed by atoms with Crippen molar-refractivity contribution in [1.82, 2.24) is 5.43 Å². The highest BCUT2D eigenvalue weighted by Crippen LogP contribution is 2.24. The van der Waals surface area contributed by atoms with E-state index < -0.39 is 0 Å². The van der Waals surface area contributed by atoms with Crippen LogP contribution in [-0.2, 0) is 6.61 Å². The Bertz CT molecular complexity index is 1070. The minimum atomic E-state index is -0.357. The van der Waals surface area contributed by atoms with Crippen LogP contribution in [0.2, 0.25) is 0 Å². The number of hydrogen-bond donors (Lipinski definition) is 1. The van der Waals surface area contributed by atoms with Gasteiger partial charge in [-0.1, -0.05) is 53.9 Å². The lowest BCUT2D eigenvalue weighted by molar-refractivity contribution is 0.0952. The quantitative estimate of drug-likeness (QED) is 0.256. The van der Waals surface area contributed by atoms with E-state index in [4.69, 9.17) is 9.47 Å². The summed E-state index contributed by atoms with van der Waals surface area (Å²) in [6.07, 6.45) is 1.57. The largest absolute Gasteiger partial charge is 0.496 e. The molecule has 0 fully saturated rings. The molecule has 0 saturated heterocycles. The first-order valence-electron chi connectivity index (χ1n) is 8.80. The molecule has 0 aliphatic rings. The summed E-state index contributed by atoms with van der Waals surface area (Å²) in [5.41, 5.74) is 4.78. The summed E-state index contributed by atoms with van der Waals surface area (Å²) in [6.45, 7) is 0.450. The summed E-state index contributed by atoms with van der Waals surface area (Å²) in [7, 11) is 1.52. The standard InChI is InChI=1S/C22H17Br3N2O3/c1-29-21-9-6-16(23)10-19(21)22(28)27-26-12-14-2-7-18(8-3-14)30-13-15-4-5-17(24)11-20(15)25/h2-12H,13H2,1H3,(H,27,28)/b26-12-. The highest BCUT2D eigenvalue weighted by molar-refractivity contribution is 9.11. The Balaban J connectivity index is 1.57. The van der Waals surface area contributed by atoms with E-state index in [9.17, 15) is 4.79 Å². The summed E-state index contributed by atoms with van der Waals surface area (Å²) in [4.78, 5) is 12.3. The Hall–Kier alpha value is -2.16. The molecular weight excluding hydrogens is 580 g/mol. The smallest absolute Gasteiger partial charge is 0.275 e. The number of carbonyl (C=O) groups excluding carboxylic acids is 1. The monoisotopic (exact) mass is 594 g/mol. The van der Waals surface area contributed by atoms with Crippen molar-refractivity contribution in [2.75, 3.05) is 7.11 Å². The molecule has 30 heavy (non-hydrogen) atoms. The molecular formula is C22H17Br3N2O3. The molecule has 0 radical (unpaired) electrons. The third kappa shape index (κ3) is 6.17. The lowest BCUT2D eigenvalue weighted by atomic mass is 10.2. The number of nitrogens with zero attached hydrogens (tertiary/aromatic N) is 1. The van der Waals surface area contributed by atoms with Crippen molar-refractivity contribution in [1.29, 1.82) is 0 Å². The summed E-state index contributed by atoms with van der Waals surface area (Å²) < 4.78 is 13.8. The van der Waals surface area contributed by atoms with Gasteiger partial charge in [0.15, 0.2) is 0 Å². The van der Waals surface area contributed by atoms with Crippen LogP contribution >= 0.6 is 47.8 Å². The molecule has 0 saturated carbocycles. The molecule has 0 spiro atoms. The molecule has 1 N–H and O–H groups in total. The van der Waals surface area contributed by atoms with E-state index in [1.54, 1.807) is 24.4 Å². The number of rotatable bonds is 7. The minimum Gasteiger partial charge on any atom is -0.496 e. The Kier molecular flexibility index (Phi) is 8.07. The topological polar surface area (TPSA) is 59.9 Å². The number of ether oxygens (including phenoxy) is 2. The molecule has 154 valence electrons. The zero-order chi connectivity index (χ0) is 21.5. The van der Waals surface area contributed by atoms with E-state index in [-0.39, 0.29) is 5.91 Å². The second kappa shape index (κ2) is 10.7. The van der Waals surface area contributed by atoms with Gasteiger partial charge in [0.2, 0.25) is 0 Å². The summed E-state index contributed by atoms with van der Waals surface area (Å²) in [5, 5.41) is 4.02. The summed E-state index contributed by atoms with van der Waals surface area (Å²) in [6, 6.07) is 18.6. The first-order chi connectivity index (χ1) is 14.5. The lowest BCUT2D eigenvalue weighted by Crippen LogP contribution is -2.18. The fourth-order valence-corrected chi connectivity index (χ4v) is 4.06. The van der Waals surface area contributed by atoms with Gasteiger partial charge in [-0.05, 0) is 60.2 Å². The fourth-order valence-electron chi connectivity index (χ4n) is 2.53. The molecule has 1 amide bonds. The number of nitrogens with one attached hydrogen (secondary N) is 1. The maximum atomic E-state index is 12.3. The van der Waals surface area contributed by atoms with Gasteiger partial charge in [0.05, 0.1) is 18.9 Å². The van der Waals surface area contributed by atoms with Crippen LogP contribution in [-0.4, -0.2) is 19.2 Å². The van der Waals surface area contributed by atoms with Crippen molar-refractivity contribution in [2.24, 2.45) is 5.10 Å². The highest BCUT2D eigenvalue weighted by Gasteiger charge is 2.12. The Morgan fingerprint density at radius 1 is 1.00 bits per heavy atom. The van der Waals surface area contributed by atoms with Crippen LogP contribution in [0.15, 0.2) is 79.2 Å². The van der Waals surface area contributed by atoms with Crippen molar-refractivity contribution in [3.8, 4) is 11.5 Å². The lowest BCUT2D eigenvalue weighted by Gasteiger charge is -2.08. The summed E-state index contributed by atoms with van der Waals surface area (Å²) >= 11 is 10.3. The van der Waals surface area contributed by atoms with E-state index in [1.165, 1.54) is 7.11 Å². The van der Waals surface area contributed by atoms with Gasteiger partial charge in [0, 0.05) is 19.0 Å². The molecule has 0 aliphatic heterocycles. The normalized spacial score (nSPS) is 10.8. The summed E-state index contributed by atoms with van der Waals surface area (Å²) in [5.74, 6) is 0.860. The van der Waals surface area contributed by atoms with Crippen LogP contribution in [0.5, 0.6) is 11.5 Å². The van der Waals surface area contributed by atoms with Gasteiger partial charge in [-0.2, -0.15) is 5.10 Å². The zero-order valence-electron chi connectivity index (χ0n) is 15.9. The second-order valence-electron chi connectivity index (χ2n) is 6.14. The highest BCUT2D eigenvalue weighted by atomic mass is 79.9. The van der Waals surface area contributed by atoms with Crippen LogP contribution < -0.4 is 14.9 Å². The predicted molar refractivity (Wildman–Crippen MR) is 128 cm³/mol. The molecule has 3 rings (SSSR count). The number of hydrogen-bond acceptors (Lipinski definition) is 4. The van der Waals surface area contributed by atoms with Crippen LogP contribution in [0.25, 0.3) is 0 Å². The van der Waals surface area contributed by atoms with Gasteiger partial charge < -0.3 is 9.47 Å². The van der Waals surface area contributed by atoms with Gasteiger partial charge in [-0.15, -0.1) is 0 Å². The van der Waals surface area contributed by atoms with E-state index >= 15 is 0 Å². The van der Waals surface area contributed by atoms with Gasteiger partial charge in [-0.3, -0.25) is 4.79 Å². The zero-order valence-corrected chi connectivity index (χ0v) is 20.6. The predicted octanol–water partition coefficient (Wildman–Crippen LogP) is 6.33. The molecule has 0 aromatic heterocycles. The van der Waals surface area contributed by atoms with Gasteiger partial charge in [-0.25, -0.2) is 5.43 Å². The molecule has 5 nitrogen and oxygen atoms in total. The van der Waals surface area contributed by atoms with Crippen molar-refractivity contribution in [3.63, 3.8) is 0 Å². The number of benzene rings is 3. The third-order valence-corrected chi connectivity index (χ3v) is 5.80. The van der Waals surface area contributed by atoms with E-state index in [2.05, 4.69) is 58.3 Å². The Morgan fingerprint density at radius 2 is 1.70 bits per heavy atom. The molecule has 3 aromatic carbocycles. The number of carbonyl (C=O) groups is 1. The van der Waals surface area contributed by atoms with Crippen molar-refractivity contribution >= 4 is 59.9 Å². The van der Waals surface area contributed by atoms with Crippen molar-refractivity contribution in [3.05, 3.63) is 90.8 Å². The van der Waals surface area contributed by atoms with Crippen molar-refractivity contribution < 1.29 is 14.3 Å². The molecule has 8 heteroatoms. The molecule has 0 heterocycles. The molecule has 0 aliphatic carbocycles. The van der Waals surface area contributed by atoms with Gasteiger partial charge in [0.1, 0.15) is 18.1 Å². The molecule has 0 bridgehead atoms. The second-order valence-corrected chi connectivity index (χ2v) is 8.82. The fraction of sp³-hybridized carbons (Fsp3) is 0.0909. The van der Waals surface area contributed by atoms with E-state index in [0.29, 0.717) is 17.9 Å². The average molecular weight is 597 g/mol. The van der Waals surface area contributed by atoms with Gasteiger partial charge in [0.25, 0.3) is 5.91 Å². The van der Waals surface area contributed by atoms with E-state index in [1.807, 2.05) is 42.5 Å². The number of halogens is 3. The first kappa shape index (κ1) is 22.5. The Morgan fingerprint density at radius 3 is 2.40 bits per heavy atom. The van der Waals surface area contributed by atoms with Crippen LogP contribution in [0, 0.1) is 0 Å². The van der Waals surface area contributed by atoms with Gasteiger partial charge >= 0.3 is 0 Å². The van der Waals surface area contributed by atoms with E-state index in [0.717, 1.165) is 30.3 Å². The van der Waals surface area contributed by atoms with Crippen LogP contribution in [0.3, 0.4) is 0 Å². The maximum Gasteiger partial charge on any atom is 0.275 e. The number of hydrazone groups is 1. The third-order valence-electron chi connectivity index (χ3n) is 4.08. The van der Waals surface area contributed by atoms with Crippen LogP contribution in [0.4, 0.5) is 0 Å². The SMILES string of the molecule is COc1ccc(Br)cc1C(=O)N/N=C\c1ccc(OCc2ccc(Br)cc2Br)cc1. The molecule has 3 aromatic rings. The minimum absolute atomic E-state index is 0.357. The van der Waals surface area contributed by atoms with Crippen molar-refractivity contribution in [2.45, 2.75) is 6.61 Å². The average Bonchev–Trinajstić information content (AvgIpc) is 2.74. The maximum absolute atomic E-state index is 12.3. The first-order valence-corrected chi connectivity index (χ1v) is 11.2. The number of amides is 1. The number of methoxy groups -OCH3 is 1. The molecule has 0 atom stereocenters. The Labute approximate surface area is 199 Å². The molecule has 0 unspecified atom stereocenters. The van der Waals surface area contributed by atoms with Crippen LogP contribution in [0.1, 0.15) is 21.5 Å².